The number of hydrogen-bond donors (Lipinski definition) is 1. The van der Waals surface area contributed by atoms with Crippen molar-refractivity contribution in [3.8, 4) is 0 Å². The van der Waals surface area contributed by atoms with Gasteiger partial charge in [0.2, 0.25) is 0 Å². The summed E-state index contributed by atoms with van der Waals surface area (Å²) in [4.78, 5) is 0. The van der Waals surface area contributed by atoms with Gasteiger partial charge in [0.05, 0.1) is 0 Å². The first-order valence-corrected chi connectivity index (χ1v) is 11.4. The maximum absolute atomic E-state index is 5.67. The minimum atomic E-state index is 0.505. The summed E-state index contributed by atoms with van der Waals surface area (Å²) in [6.45, 7) is 0. The molecule has 2 N–H and O–H groups in total. The van der Waals surface area contributed by atoms with E-state index in [1.54, 1.807) is 7.05 Å². The number of nitrogens with zero attached hydrogens (tertiary/aromatic N) is 2. The average molecular weight is 369 g/mol. The third-order valence-electron chi connectivity index (χ3n) is 2.17. The van der Waals surface area contributed by atoms with Crippen LogP contribution in [0.5, 0.6) is 0 Å². The molecule has 18 heavy (non-hydrogen) atoms. The third-order valence-corrected chi connectivity index (χ3v) is 9.40. The number of benzene rings is 2. The van der Waals surface area contributed by atoms with Crippen LogP contribution in [0.4, 0.5) is 11.4 Å². The summed E-state index contributed by atoms with van der Waals surface area (Å²) in [5, 5.41) is 7.76. The van der Waals surface area contributed by atoms with Gasteiger partial charge < -0.3 is 0 Å². The molecule has 0 unspecified atom stereocenters. The summed E-state index contributed by atoms with van der Waals surface area (Å²) in [6, 6.07) is 16.5. The van der Waals surface area contributed by atoms with Crippen LogP contribution in [0.1, 0.15) is 0 Å². The van der Waals surface area contributed by atoms with Crippen LogP contribution in [0.15, 0.2) is 58.8 Å². The number of nitrogens with two attached hydrogens (primary N) is 1. The molecule has 0 aliphatic rings. The van der Waals surface area contributed by atoms with Crippen molar-refractivity contribution in [1.29, 1.82) is 0 Å². The third kappa shape index (κ3) is 3.97. The molecule has 0 saturated heterocycles. The van der Waals surface area contributed by atoms with Crippen molar-refractivity contribution in [2.24, 2.45) is 10.2 Å². The SMILES string of the molecule is CN=Nc1ccc([Se][Se]c2ccc(N)cc2)cc1. The van der Waals surface area contributed by atoms with E-state index in [9.17, 15) is 0 Å². The zero-order valence-corrected chi connectivity index (χ0v) is 13.3. The van der Waals surface area contributed by atoms with E-state index in [0.717, 1.165) is 11.4 Å². The van der Waals surface area contributed by atoms with Crippen LogP contribution >= 0.6 is 0 Å². The van der Waals surface area contributed by atoms with Gasteiger partial charge >= 0.3 is 118 Å². The molecule has 0 bridgehead atoms. The molecule has 2 aromatic rings. The van der Waals surface area contributed by atoms with E-state index in [2.05, 4.69) is 34.5 Å². The Morgan fingerprint density at radius 1 is 0.833 bits per heavy atom. The molecule has 5 heteroatoms. The summed E-state index contributed by atoms with van der Waals surface area (Å²) in [5.74, 6) is 0. The molecule has 0 radical (unpaired) electrons. The van der Waals surface area contributed by atoms with Gasteiger partial charge in [-0.2, -0.15) is 0 Å². The van der Waals surface area contributed by atoms with Crippen molar-refractivity contribution in [1.82, 2.24) is 0 Å². The van der Waals surface area contributed by atoms with Gasteiger partial charge in [-0.25, -0.2) is 0 Å². The standard InChI is InChI=1S/C13H13N3Se2/c1-15-16-11-4-8-13(9-5-11)18-17-12-6-2-10(14)3-7-12/h2-9H,14H2,1H3. The predicted molar refractivity (Wildman–Crippen MR) is 78.5 cm³/mol. The fourth-order valence-corrected chi connectivity index (χ4v) is 7.27. The van der Waals surface area contributed by atoms with Gasteiger partial charge in [-0.15, -0.1) is 0 Å². The van der Waals surface area contributed by atoms with E-state index in [0.29, 0.717) is 26.3 Å². The molecule has 0 amide bonds. The van der Waals surface area contributed by atoms with Crippen LogP contribution in [0.3, 0.4) is 0 Å². The molecular weight excluding hydrogens is 356 g/mol. The molecule has 0 aliphatic carbocycles. The second-order valence-corrected chi connectivity index (χ2v) is 9.84. The van der Waals surface area contributed by atoms with Crippen molar-refractivity contribution < 1.29 is 0 Å². The Bertz CT molecular complexity index is 521. The van der Waals surface area contributed by atoms with Crippen molar-refractivity contribution in [3.63, 3.8) is 0 Å². The van der Waals surface area contributed by atoms with E-state index in [1.807, 2.05) is 24.3 Å². The molecule has 2 rings (SSSR count). The fourth-order valence-electron chi connectivity index (χ4n) is 1.30. The number of nitrogen functional groups attached to an aromatic ring is 1. The molecule has 92 valence electrons. The van der Waals surface area contributed by atoms with Crippen LogP contribution in [-0.4, -0.2) is 33.3 Å². The van der Waals surface area contributed by atoms with E-state index in [-0.39, 0.29) is 0 Å². The normalized spacial score (nSPS) is 10.9. The zero-order valence-electron chi connectivity index (χ0n) is 9.91. The van der Waals surface area contributed by atoms with Crippen molar-refractivity contribution in [3.05, 3.63) is 48.5 Å². The monoisotopic (exact) mass is 371 g/mol. The number of rotatable bonds is 4. The topological polar surface area (TPSA) is 50.7 Å². The molecule has 0 spiro atoms. The second kappa shape index (κ2) is 6.72. The molecule has 0 atom stereocenters. The van der Waals surface area contributed by atoms with Gasteiger partial charge in [0.25, 0.3) is 0 Å². The van der Waals surface area contributed by atoms with Gasteiger partial charge in [0.15, 0.2) is 0 Å². The summed E-state index contributed by atoms with van der Waals surface area (Å²) in [7, 11) is 1.68. The first kappa shape index (κ1) is 13.3. The van der Waals surface area contributed by atoms with Crippen molar-refractivity contribution in [2.45, 2.75) is 0 Å². The molecule has 0 heterocycles. The van der Waals surface area contributed by atoms with Crippen molar-refractivity contribution in [2.75, 3.05) is 12.8 Å². The Hall–Kier alpha value is -1.12. The molecule has 0 fully saturated rings. The van der Waals surface area contributed by atoms with Crippen LogP contribution < -0.4 is 14.7 Å². The van der Waals surface area contributed by atoms with Crippen LogP contribution in [-0.2, 0) is 0 Å². The maximum atomic E-state index is 5.67. The second-order valence-electron chi connectivity index (χ2n) is 3.53. The van der Waals surface area contributed by atoms with Gasteiger partial charge in [0, 0.05) is 0 Å². The summed E-state index contributed by atoms with van der Waals surface area (Å²) in [6.07, 6.45) is 0. The van der Waals surface area contributed by atoms with E-state index in [4.69, 9.17) is 5.73 Å². The van der Waals surface area contributed by atoms with E-state index < -0.39 is 0 Å². The quantitative estimate of drug-likeness (QED) is 0.493. The van der Waals surface area contributed by atoms with Crippen LogP contribution in [0, 0.1) is 0 Å². The summed E-state index contributed by atoms with van der Waals surface area (Å²) in [5.41, 5.74) is 7.42. The molecule has 0 aliphatic heterocycles. The van der Waals surface area contributed by atoms with Crippen LogP contribution in [0.25, 0.3) is 0 Å². The molecule has 0 saturated carbocycles. The Morgan fingerprint density at radius 3 is 1.83 bits per heavy atom. The first-order chi connectivity index (χ1) is 8.78. The number of azo groups is 1. The number of hydrogen-bond acceptors (Lipinski definition) is 3. The Balaban J connectivity index is 1.95. The predicted octanol–water partition coefficient (Wildman–Crippen LogP) is 1.26. The Morgan fingerprint density at radius 2 is 1.33 bits per heavy atom. The average Bonchev–Trinajstić information content (AvgIpc) is 2.40. The number of anilines is 1. The van der Waals surface area contributed by atoms with Crippen LogP contribution in [0.2, 0.25) is 0 Å². The summed E-state index contributed by atoms with van der Waals surface area (Å²) >= 11 is 1.01. The van der Waals surface area contributed by atoms with E-state index in [1.165, 1.54) is 8.92 Å². The van der Waals surface area contributed by atoms with Gasteiger partial charge in [0.1, 0.15) is 0 Å². The van der Waals surface area contributed by atoms with Gasteiger partial charge in [-0.3, -0.25) is 0 Å². The summed E-state index contributed by atoms with van der Waals surface area (Å²) < 4.78 is 2.79. The minimum absolute atomic E-state index is 0.505. The molecule has 2 aromatic carbocycles. The molecule has 3 nitrogen and oxygen atoms in total. The Kier molecular flexibility index (Phi) is 4.97. The molecular formula is C13H13N3Se2. The Labute approximate surface area is 118 Å². The van der Waals surface area contributed by atoms with Gasteiger partial charge in [-0.1, -0.05) is 0 Å². The van der Waals surface area contributed by atoms with Gasteiger partial charge in [-0.05, 0) is 0 Å². The zero-order chi connectivity index (χ0) is 12.8. The molecule has 0 aromatic heterocycles. The fraction of sp³-hybridized carbons (Fsp3) is 0.0769. The first-order valence-electron chi connectivity index (χ1n) is 5.38. The van der Waals surface area contributed by atoms with E-state index >= 15 is 0 Å². The van der Waals surface area contributed by atoms with Crippen molar-refractivity contribution >= 4 is 46.6 Å².